The Bertz CT molecular complexity index is 812. The van der Waals surface area contributed by atoms with Crippen molar-refractivity contribution in [1.29, 1.82) is 5.26 Å². The molecule has 0 N–H and O–H groups in total. The van der Waals surface area contributed by atoms with E-state index in [1.807, 2.05) is 54.6 Å². The lowest BCUT2D eigenvalue weighted by Crippen LogP contribution is -1.76. The van der Waals surface area contributed by atoms with Gasteiger partial charge in [-0.05, 0) is 47.7 Å². The molecule has 0 spiro atoms. The Balaban J connectivity index is 1.87. The fourth-order valence-corrected chi connectivity index (χ4v) is 3.88. The molecule has 1 heterocycles. The number of benzene rings is 2. The summed E-state index contributed by atoms with van der Waals surface area (Å²) in [5.74, 6) is 0. The van der Waals surface area contributed by atoms with Crippen molar-refractivity contribution in [3.05, 3.63) is 64.0 Å². The zero-order valence-electron chi connectivity index (χ0n) is 10.8. The number of nitriles is 1. The average Bonchev–Trinajstić information content (AvgIpc) is 2.91. The van der Waals surface area contributed by atoms with E-state index >= 15 is 0 Å². The van der Waals surface area contributed by atoms with Gasteiger partial charge in [0.15, 0.2) is 4.34 Å². The maximum absolute atomic E-state index is 9.29. The van der Waals surface area contributed by atoms with Gasteiger partial charge in [0.05, 0.1) is 15.1 Å². The number of allylic oxidation sites excluding steroid dienone is 1. The van der Waals surface area contributed by atoms with Crippen LogP contribution in [0.4, 0.5) is 0 Å². The molecule has 0 amide bonds. The van der Waals surface area contributed by atoms with Gasteiger partial charge < -0.3 is 0 Å². The predicted molar refractivity (Wildman–Crippen MR) is 90.5 cm³/mol. The van der Waals surface area contributed by atoms with Crippen LogP contribution in [0.3, 0.4) is 0 Å². The van der Waals surface area contributed by atoms with Crippen molar-refractivity contribution in [3.63, 3.8) is 0 Å². The second-order valence-electron chi connectivity index (χ2n) is 4.22. The molecule has 0 saturated heterocycles. The molecule has 0 radical (unpaired) electrons. The largest absolute Gasteiger partial charge is 0.229 e. The van der Waals surface area contributed by atoms with Crippen molar-refractivity contribution in [2.45, 2.75) is 4.34 Å². The predicted octanol–water partition coefficient (Wildman–Crippen LogP) is 5.61. The first kappa shape index (κ1) is 14.2. The molecule has 3 aromatic rings. The summed E-state index contributed by atoms with van der Waals surface area (Å²) in [4.78, 5) is 5.13. The SMILES string of the molecule is N#CC(=Cc1ccc(Cl)cc1)Sc1nc2ccccc2s1. The van der Waals surface area contributed by atoms with E-state index in [9.17, 15) is 5.26 Å². The van der Waals surface area contributed by atoms with Gasteiger partial charge in [-0.2, -0.15) is 5.26 Å². The minimum atomic E-state index is 0.608. The van der Waals surface area contributed by atoms with E-state index in [1.165, 1.54) is 11.8 Å². The molecule has 1 aromatic heterocycles. The summed E-state index contributed by atoms with van der Waals surface area (Å²) < 4.78 is 2.00. The summed E-state index contributed by atoms with van der Waals surface area (Å²) in [6.07, 6.45) is 1.84. The maximum atomic E-state index is 9.29. The molecule has 21 heavy (non-hydrogen) atoms. The molecule has 0 aliphatic carbocycles. The van der Waals surface area contributed by atoms with E-state index in [4.69, 9.17) is 11.6 Å². The first-order valence-corrected chi connectivity index (χ1v) is 8.16. The average molecular weight is 329 g/mol. The Kier molecular flexibility index (Phi) is 4.26. The van der Waals surface area contributed by atoms with Crippen LogP contribution < -0.4 is 0 Å². The van der Waals surface area contributed by atoms with Crippen molar-refractivity contribution in [3.8, 4) is 6.07 Å². The molecule has 0 bridgehead atoms. The first-order chi connectivity index (χ1) is 10.2. The Morgan fingerprint density at radius 3 is 2.67 bits per heavy atom. The van der Waals surface area contributed by atoms with Crippen LogP contribution >= 0.6 is 34.7 Å². The third-order valence-electron chi connectivity index (χ3n) is 2.75. The highest BCUT2D eigenvalue weighted by atomic mass is 35.5. The Labute approximate surface area is 135 Å². The number of halogens is 1. The number of nitrogens with zero attached hydrogens (tertiary/aromatic N) is 2. The summed E-state index contributed by atoms with van der Waals surface area (Å²) in [6, 6.07) is 17.6. The number of hydrogen-bond acceptors (Lipinski definition) is 4. The van der Waals surface area contributed by atoms with Crippen molar-refractivity contribution in [2.75, 3.05) is 0 Å². The lowest BCUT2D eigenvalue weighted by molar-refractivity contribution is 1.31. The minimum Gasteiger partial charge on any atom is -0.229 e. The smallest absolute Gasteiger partial charge is 0.156 e. The number of rotatable bonds is 3. The molecule has 0 aliphatic heterocycles. The molecule has 2 aromatic carbocycles. The molecule has 0 atom stereocenters. The topological polar surface area (TPSA) is 36.7 Å². The Morgan fingerprint density at radius 1 is 1.19 bits per heavy atom. The molecule has 0 unspecified atom stereocenters. The van der Waals surface area contributed by atoms with Crippen molar-refractivity contribution >= 4 is 51.0 Å². The molecular weight excluding hydrogens is 320 g/mol. The second kappa shape index (κ2) is 6.31. The Morgan fingerprint density at radius 2 is 1.95 bits per heavy atom. The third-order valence-corrected chi connectivity index (χ3v) is 5.03. The molecule has 3 rings (SSSR count). The van der Waals surface area contributed by atoms with E-state index in [0.717, 1.165) is 20.1 Å². The van der Waals surface area contributed by atoms with Crippen LogP contribution in [0, 0.1) is 11.3 Å². The second-order valence-corrected chi connectivity index (χ2v) is 6.98. The summed E-state index contributed by atoms with van der Waals surface area (Å²) >= 11 is 8.84. The van der Waals surface area contributed by atoms with Crippen LogP contribution in [-0.4, -0.2) is 4.98 Å². The molecule has 0 saturated carbocycles. The molecule has 2 nitrogen and oxygen atoms in total. The van der Waals surface area contributed by atoms with Gasteiger partial charge in [-0.15, -0.1) is 11.3 Å². The number of thioether (sulfide) groups is 1. The van der Waals surface area contributed by atoms with Crippen LogP contribution in [0.25, 0.3) is 16.3 Å². The molecular formula is C16H9ClN2S2. The zero-order chi connectivity index (χ0) is 14.7. The van der Waals surface area contributed by atoms with Gasteiger partial charge in [-0.25, -0.2) is 4.98 Å². The fraction of sp³-hybridized carbons (Fsp3) is 0. The normalized spacial score (nSPS) is 11.5. The number of aromatic nitrogens is 1. The van der Waals surface area contributed by atoms with Gasteiger partial charge in [0, 0.05) is 5.02 Å². The summed E-state index contributed by atoms with van der Waals surface area (Å²) in [7, 11) is 0. The number of fused-ring (bicyclic) bond motifs is 1. The van der Waals surface area contributed by atoms with Crippen molar-refractivity contribution in [2.24, 2.45) is 0 Å². The van der Waals surface area contributed by atoms with Gasteiger partial charge in [0.1, 0.15) is 6.07 Å². The maximum Gasteiger partial charge on any atom is 0.156 e. The summed E-state index contributed by atoms with van der Waals surface area (Å²) in [5.41, 5.74) is 1.92. The van der Waals surface area contributed by atoms with E-state index in [-0.39, 0.29) is 0 Å². The number of hydrogen-bond donors (Lipinski definition) is 0. The first-order valence-electron chi connectivity index (χ1n) is 6.15. The van der Waals surface area contributed by atoms with Gasteiger partial charge in [-0.3, -0.25) is 0 Å². The van der Waals surface area contributed by atoms with Crippen LogP contribution in [0.2, 0.25) is 5.02 Å². The van der Waals surface area contributed by atoms with E-state index < -0.39 is 0 Å². The standard InChI is InChI=1S/C16H9ClN2S2/c17-12-7-5-11(6-8-12)9-13(10-18)20-16-19-14-3-1-2-4-15(14)21-16/h1-9H. The molecule has 0 fully saturated rings. The molecule has 0 aliphatic rings. The Hall–Kier alpha value is -1.80. The van der Waals surface area contributed by atoms with Gasteiger partial charge in [0.2, 0.25) is 0 Å². The lowest BCUT2D eigenvalue weighted by atomic mass is 10.2. The van der Waals surface area contributed by atoms with Crippen molar-refractivity contribution in [1.82, 2.24) is 4.98 Å². The molecule has 5 heteroatoms. The lowest BCUT2D eigenvalue weighted by Gasteiger charge is -1.96. The van der Waals surface area contributed by atoms with E-state index in [0.29, 0.717) is 9.93 Å². The van der Waals surface area contributed by atoms with Gasteiger partial charge in [-0.1, -0.05) is 35.9 Å². The highest BCUT2D eigenvalue weighted by Gasteiger charge is 2.07. The van der Waals surface area contributed by atoms with Crippen LogP contribution in [0.5, 0.6) is 0 Å². The van der Waals surface area contributed by atoms with Crippen LogP contribution in [0.1, 0.15) is 5.56 Å². The highest BCUT2D eigenvalue weighted by Crippen LogP contribution is 2.34. The van der Waals surface area contributed by atoms with Crippen LogP contribution in [0.15, 0.2) is 57.8 Å². The van der Waals surface area contributed by atoms with E-state index in [2.05, 4.69) is 11.1 Å². The van der Waals surface area contributed by atoms with Crippen molar-refractivity contribution < 1.29 is 0 Å². The van der Waals surface area contributed by atoms with E-state index in [1.54, 1.807) is 11.3 Å². The highest BCUT2D eigenvalue weighted by molar-refractivity contribution is 8.05. The number of para-hydroxylation sites is 1. The molecule has 102 valence electrons. The zero-order valence-corrected chi connectivity index (χ0v) is 13.2. The summed E-state index contributed by atoms with van der Waals surface area (Å²) in [6.45, 7) is 0. The fourth-order valence-electron chi connectivity index (χ4n) is 1.78. The van der Waals surface area contributed by atoms with Crippen LogP contribution in [-0.2, 0) is 0 Å². The van der Waals surface area contributed by atoms with Gasteiger partial charge >= 0.3 is 0 Å². The summed E-state index contributed by atoms with van der Waals surface area (Å²) in [5, 5.41) is 9.97. The minimum absolute atomic E-state index is 0.608. The van der Waals surface area contributed by atoms with Gasteiger partial charge in [0.25, 0.3) is 0 Å². The quantitative estimate of drug-likeness (QED) is 0.463. The number of thiazole rings is 1. The third kappa shape index (κ3) is 3.45. The monoisotopic (exact) mass is 328 g/mol.